The third-order valence-electron chi connectivity index (χ3n) is 12.6. The van der Waals surface area contributed by atoms with Crippen LogP contribution in [0.15, 0.2) is 208 Å². The van der Waals surface area contributed by atoms with Crippen molar-refractivity contribution >= 4 is 45.2 Å². The zero-order valence-corrected chi connectivity index (χ0v) is 33.9. The van der Waals surface area contributed by atoms with Crippen molar-refractivity contribution in [3.05, 3.63) is 222 Å². The fraction of sp³-hybridized carbons (Fsp3) is 0.0893. The number of furan rings is 1. The molecule has 3 aliphatic rings. The minimum absolute atomic E-state index is 0.0603. The van der Waals surface area contributed by atoms with Crippen LogP contribution >= 0.6 is 0 Å². The molecule has 12 rings (SSSR count). The molecule has 1 aliphatic heterocycles. The highest BCUT2D eigenvalue weighted by Crippen LogP contribution is 2.45. The molecule has 296 valence electrons. The normalized spacial score (nSPS) is 17.1. The molecule has 6 nitrogen and oxygen atoms in total. The van der Waals surface area contributed by atoms with Gasteiger partial charge in [0.15, 0.2) is 6.17 Å². The van der Waals surface area contributed by atoms with Crippen LogP contribution in [-0.4, -0.2) is 21.3 Å². The number of benzene rings is 6. The van der Waals surface area contributed by atoms with Crippen LogP contribution in [0, 0.1) is 0 Å². The summed E-state index contributed by atoms with van der Waals surface area (Å²) in [5, 5.41) is 11.1. The summed E-state index contributed by atoms with van der Waals surface area (Å²) in [5.74, 6) is 1.69. The third-order valence-corrected chi connectivity index (χ3v) is 12.6. The second kappa shape index (κ2) is 15.0. The molecule has 9 aromatic rings. The molecule has 2 aliphatic carbocycles. The molecule has 0 fully saturated rings. The maximum absolute atomic E-state index is 6.47. The van der Waals surface area contributed by atoms with Crippen LogP contribution < -0.4 is 5.32 Å². The number of nitrogens with one attached hydrogen (secondary N) is 1. The summed E-state index contributed by atoms with van der Waals surface area (Å²) in [6.45, 7) is 0. The lowest BCUT2D eigenvalue weighted by atomic mass is 9.79. The number of aliphatic imine (C=N–C) groups is 2. The van der Waals surface area contributed by atoms with Crippen LogP contribution in [0.2, 0.25) is 0 Å². The summed E-state index contributed by atoms with van der Waals surface area (Å²) >= 11 is 0. The fourth-order valence-corrected chi connectivity index (χ4v) is 9.69. The number of fused-ring (bicyclic) bond motifs is 6. The zero-order valence-electron chi connectivity index (χ0n) is 33.9. The molecule has 62 heavy (non-hydrogen) atoms. The first-order chi connectivity index (χ1) is 30.7. The van der Waals surface area contributed by atoms with Crippen LogP contribution in [0.25, 0.3) is 67.0 Å². The van der Waals surface area contributed by atoms with Crippen LogP contribution in [-0.2, 0) is 6.42 Å². The van der Waals surface area contributed by atoms with Crippen molar-refractivity contribution in [1.29, 1.82) is 0 Å². The van der Waals surface area contributed by atoms with Gasteiger partial charge in [-0.3, -0.25) is 0 Å². The number of amidine groups is 2. The maximum atomic E-state index is 6.47. The summed E-state index contributed by atoms with van der Waals surface area (Å²) in [5.41, 5.74) is 16.8. The standard InChI is InChI=1S/C56H41N5O/c1-4-17-36(18-5-1)48-35-57-61-51(37-19-6-2-7-20-37)50(45-28-10-11-29-46(45)52(48)61)40-24-15-26-42(34-40)56-59-54(38-21-8-3-9-22-38)58-55(60-56)41-25-14-23-39(33-41)43-30-16-31-47-44-27-12-13-32-49(44)62-53(43)47/h1-10,12-28,30-33,35,40,55H,11,29,34H2,(H,58,59,60). The second-order valence-electron chi connectivity index (χ2n) is 16.3. The fourth-order valence-electron chi connectivity index (χ4n) is 9.69. The summed E-state index contributed by atoms with van der Waals surface area (Å²) in [4.78, 5) is 10.7. The number of pyridine rings is 1. The largest absolute Gasteiger partial charge is 0.455 e. The highest BCUT2D eigenvalue weighted by molar-refractivity contribution is 6.16. The molecule has 6 heteroatoms. The summed E-state index contributed by atoms with van der Waals surface area (Å²) in [6.07, 6.45) is 15.8. The van der Waals surface area contributed by atoms with E-state index >= 15 is 0 Å². The Morgan fingerprint density at radius 2 is 1.35 bits per heavy atom. The van der Waals surface area contributed by atoms with Gasteiger partial charge in [-0.05, 0) is 70.3 Å². The highest BCUT2D eigenvalue weighted by atomic mass is 16.3. The number of hydrogen-bond donors (Lipinski definition) is 1. The Morgan fingerprint density at radius 3 is 2.19 bits per heavy atom. The first kappa shape index (κ1) is 36.1. The molecule has 3 aromatic heterocycles. The van der Waals surface area contributed by atoms with Crippen molar-refractivity contribution in [3.63, 3.8) is 0 Å². The first-order valence-electron chi connectivity index (χ1n) is 21.5. The number of aromatic nitrogens is 2. The lowest BCUT2D eigenvalue weighted by molar-refractivity contribution is 0.670. The Labute approximate surface area is 359 Å². The van der Waals surface area contributed by atoms with Crippen LogP contribution in [0.1, 0.15) is 52.7 Å². The Kier molecular flexibility index (Phi) is 8.73. The number of rotatable bonds is 7. The lowest BCUT2D eigenvalue weighted by Crippen LogP contribution is -2.37. The van der Waals surface area contributed by atoms with Gasteiger partial charge in [0.25, 0.3) is 0 Å². The molecular weight excluding hydrogens is 759 g/mol. The quantitative estimate of drug-likeness (QED) is 0.175. The predicted molar refractivity (Wildman–Crippen MR) is 253 cm³/mol. The molecule has 4 heterocycles. The molecule has 0 radical (unpaired) electrons. The van der Waals surface area contributed by atoms with E-state index in [1.165, 1.54) is 33.3 Å². The molecule has 6 aromatic carbocycles. The van der Waals surface area contributed by atoms with Gasteiger partial charge in [-0.15, -0.1) is 0 Å². The summed E-state index contributed by atoms with van der Waals surface area (Å²) in [6, 6.07) is 55.1. The number of hydrogen-bond acceptors (Lipinski definition) is 5. The van der Waals surface area contributed by atoms with Crippen molar-refractivity contribution in [1.82, 2.24) is 14.9 Å². The van der Waals surface area contributed by atoms with E-state index in [-0.39, 0.29) is 5.92 Å². The SMILES string of the molecule is C1=CC(c2c3c(c4c(-c5ccccc5)cnn4c2-c2ccccc2)CCC=C3)CC(C2=NC(c3cccc(-c4cccc5c4oc4ccccc45)c3)N=C(c3ccccc3)N2)=C1. The van der Waals surface area contributed by atoms with Crippen molar-refractivity contribution in [3.8, 4) is 33.5 Å². The van der Waals surface area contributed by atoms with Gasteiger partial charge in [-0.1, -0.05) is 176 Å². The van der Waals surface area contributed by atoms with E-state index in [1.54, 1.807) is 0 Å². The smallest absolute Gasteiger partial charge is 0.169 e. The number of nitrogens with zero attached hydrogens (tertiary/aromatic N) is 4. The molecule has 2 atom stereocenters. The summed E-state index contributed by atoms with van der Waals surface area (Å²) < 4.78 is 8.69. The monoisotopic (exact) mass is 799 g/mol. The molecule has 0 amide bonds. The van der Waals surface area contributed by atoms with Gasteiger partial charge in [-0.2, -0.15) is 5.10 Å². The van der Waals surface area contributed by atoms with Gasteiger partial charge < -0.3 is 9.73 Å². The van der Waals surface area contributed by atoms with Gasteiger partial charge in [0, 0.05) is 38.9 Å². The van der Waals surface area contributed by atoms with E-state index < -0.39 is 6.17 Å². The molecule has 0 bridgehead atoms. The van der Waals surface area contributed by atoms with Crippen LogP contribution in [0.4, 0.5) is 0 Å². The van der Waals surface area contributed by atoms with Gasteiger partial charge in [0.2, 0.25) is 0 Å². The average molecular weight is 800 g/mol. The number of para-hydroxylation sites is 2. The molecule has 1 N–H and O–H groups in total. The highest BCUT2D eigenvalue weighted by Gasteiger charge is 2.31. The predicted octanol–water partition coefficient (Wildman–Crippen LogP) is 13.3. The van der Waals surface area contributed by atoms with E-state index in [9.17, 15) is 0 Å². The van der Waals surface area contributed by atoms with E-state index in [2.05, 4.69) is 186 Å². The van der Waals surface area contributed by atoms with Crippen LogP contribution in [0.5, 0.6) is 0 Å². The second-order valence-corrected chi connectivity index (χ2v) is 16.3. The molecule has 0 saturated carbocycles. The van der Waals surface area contributed by atoms with E-state index in [0.717, 1.165) is 92.0 Å². The Balaban J connectivity index is 0.966. The van der Waals surface area contributed by atoms with Gasteiger partial charge in [0.1, 0.15) is 22.8 Å². The third kappa shape index (κ3) is 6.14. The topological polar surface area (TPSA) is 67.2 Å². The van der Waals surface area contributed by atoms with E-state index in [0.29, 0.717) is 0 Å². The Hall–Kier alpha value is -7.83. The molecular formula is C56H41N5O. The van der Waals surface area contributed by atoms with Crippen LogP contribution in [0.3, 0.4) is 0 Å². The maximum Gasteiger partial charge on any atom is 0.169 e. The van der Waals surface area contributed by atoms with Gasteiger partial charge in [0.05, 0.1) is 17.4 Å². The van der Waals surface area contributed by atoms with E-state index in [4.69, 9.17) is 19.5 Å². The van der Waals surface area contributed by atoms with Gasteiger partial charge in [-0.25, -0.2) is 14.5 Å². The van der Waals surface area contributed by atoms with Crippen molar-refractivity contribution in [2.75, 3.05) is 0 Å². The minimum Gasteiger partial charge on any atom is -0.455 e. The van der Waals surface area contributed by atoms with E-state index in [1.807, 2.05) is 18.2 Å². The Morgan fingerprint density at radius 1 is 0.645 bits per heavy atom. The average Bonchev–Trinajstić information content (AvgIpc) is 3.97. The molecule has 0 spiro atoms. The van der Waals surface area contributed by atoms with Crippen molar-refractivity contribution in [2.45, 2.75) is 31.3 Å². The first-order valence-corrected chi connectivity index (χ1v) is 21.5. The van der Waals surface area contributed by atoms with Crippen molar-refractivity contribution in [2.24, 2.45) is 9.98 Å². The number of aryl methyl sites for hydroxylation is 1. The number of allylic oxidation sites excluding steroid dienone is 4. The summed E-state index contributed by atoms with van der Waals surface area (Å²) in [7, 11) is 0. The van der Waals surface area contributed by atoms with Crippen molar-refractivity contribution < 1.29 is 4.42 Å². The minimum atomic E-state index is -0.464. The molecule has 0 saturated heterocycles. The zero-order chi connectivity index (χ0) is 41.0. The molecule has 2 unspecified atom stereocenters. The lowest BCUT2D eigenvalue weighted by Gasteiger charge is -2.29. The Bertz CT molecular complexity index is 3350. The van der Waals surface area contributed by atoms with Gasteiger partial charge >= 0.3 is 0 Å².